The SMILES string of the molecule is CN(CCO)C(=O)C(=O)N1CCN(CCO)CC1. The van der Waals surface area contributed by atoms with E-state index in [2.05, 4.69) is 0 Å². The van der Waals surface area contributed by atoms with Crippen molar-refractivity contribution in [2.75, 3.05) is 59.5 Å². The number of carbonyl (C=O) groups excluding carboxylic acids is 2. The fourth-order valence-electron chi connectivity index (χ4n) is 1.87. The van der Waals surface area contributed by atoms with E-state index in [0.717, 1.165) is 0 Å². The van der Waals surface area contributed by atoms with Gasteiger partial charge in [-0.3, -0.25) is 14.5 Å². The maximum atomic E-state index is 11.9. The third-order valence-electron chi connectivity index (χ3n) is 3.04. The largest absolute Gasteiger partial charge is 0.395 e. The van der Waals surface area contributed by atoms with E-state index in [1.807, 2.05) is 4.90 Å². The van der Waals surface area contributed by atoms with Crippen LogP contribution in [0.2, 0.25) is 0 Å². The molecule has 2 N–H and O–H groups in total. The summed E-state index contributed by atoms with van der Waals surface area (Å²) in [6.07, 6.45) is 0. The van der Waals surface area contributed by atoms with Gasteiger partial charge in [0.15, 0.2) is 0 Å². The Morgan fingerprint density at radius 1 is 1.11 bits per heavy atom. The maximum Gasteiger partial charge on any atom is 0.312 e. The van der Waals surface area contributed by atoms with Gasteiger partial charge in [-0.15, -0.1) is 0 Å². The smallest absolute Gasteiger partial charge is 0.312 e. The molecule has 0 spiro atoms. The van der Waals surface area contributed by atoms with Gasteiger partial charge >= 0.3 is 11.8 Å². The predicted octanol–water partition coefficient (Wildman–Crippen LogP) is -2.43. The Balaban J connectivity index is 2.42. The third kappa shape index (κ3) is 3.94. The number of amides is 2. The Kier molecular flexibility index (Phi) is 6.03. The van der Waals surface area contributed by atoms with Crippen molar-refractivity contribution in [2.45, 2.75) is 0 Å². The van der Waals surface area contributed by atoms with Crippen molar-refractivity contribution >= 4 is 11.8 Å². The van der Waals surface area contributed by atoms with E-state index < -0.39 is 11.8 Å². The first-order valence-corrected chi connectivity index (χ1v) is 6.08. The molecular formula is C11H21N3O4. The second kappa shape index (κ2) is 7.30. The van der Waals surface area contributed by atoms with Crippen molar-refractivity contribution in [2.24, 2.45) is 0 Å². The van der Waals surface area contributed by atoms with Crippen molar-refractivity contribution in [3.63, 3.8) is 0 Å². The highest BCUT2D eigenvalue weighted by molar-refractivity contribution is 6.34. The van der Waals surface area contributed by atoms with Crippen LogP contribution >= 0.6 is 0 Å². The number of hydrogen-bond donors (Lipinski definition) is 2. The summed E-state index contributed by atoms with van der Waals surface area (Å²) in [7, 11) is 1.50. The molecule has 0 unspecified atom stereocenters. The van der Waals surface area contributed by atoms with Crippen LogP contribution in [0, 0.1) is 0 Å². The molecule has 0 aliphatic carbocycles. The van der Waals surface area contributed by atoms with Crippen LogP contribution in [0.4, 0.5) is 0 Å². The Morgan fingerprint density at radius 2 is 1.72 bits per heavy atom. The van der Waals surface area contributed by atoms with Gasteiger partial charge in [-0.25, -0.2) is 0 Å². The van der Waals surface area contributed by atoms with Gasteiger partial charge in [0.25, 0.3) is 0 Å². The van der Waals surface area contributed by atoms with Crippen LogP contribution in [0.5, 0.6) is 0 Å². The maximum absolute atomic E-state index is 11.9. The molecule has 0 saturated carbocycles. The van der Waals surface area contributed by atoms with Crippen LogP contribution in [0.25, 0.3) is 0 Å². The van der Waals surface area contributed by atoms with Crippen LogP contribution < -0.4 is 0 Å². The molecule has 1 fully saturated rings. The lowest BCUT2D eigenvalue weighted by atomic mass is 10.3. The van der Waals surface area contributed by atoms with Crippen molar-refractivity contribution in [1.82, 2.24) is 14.7 Å². The Labute approximate surface area is 107 Å². The Morgan fingerprint density at radius 3 is 2.22 bits per heavy atom. The van der Waals surface area contributed by atoms with Crippen LogP contribution in [-0.4, -0.2) is 96.3 Å². The number of carbonyl (C=O) groups is 2. The minimum absolute atomic E-state index is 0.103. The molecule has 7 nitrogen and oxygen atoms in total. The van der Waals surface area contributed by atoms with Gasteiger partial charge in [0.2, 0.25) is 0 Å². The van der Waals surface area contributed by atoms with E-state index in [-0.39, 0.29) is 19.8 Å². The molecule has 0 bridgehead atoms. The molecule has 104 valence electrons. The second-order valence-electron chi connectivity index (χ2n) is 4.31. The van der Waals surface area contributed by atoms with Crippen LogP contribution in [0.1, 0.15) is 0 Å². The number of β-amino-alcohol motifs (C(OH)–C–C–N with tert-alkyl or cyclic N) is 1. The third-order valence-corrected chi connectivity index (χ3v) is 3.04. The molecule has 1 aliphatic heterocycles. The van der Waals surface area contributed by atoms with Crippen LogP contribution in [-0.2, 0) is 9.59 Å². The molecule has 0 aromatic rings. The van der Waals surface area contributed by atoms with Gasteiger partial charge < -0.3 is 20.0 Å². The summed E-state index contributed by atoms with van der Waals surface area (Å²) in [6, 6.07) is 0. The molecule has 2 amide bonds. The average Bonchev–Trinajstić information content (AvgIpc) is 2.38. The molecule has 0 atom stereocenters. The van der Waals surface area contributed by atoms with Gasteiger partial charge in [-0.1, -0.05) is 0 Å². The number of hydrogen-bond acceptors (Lipinski definition) is 5. The summed E-state index contributed by atoms with van der Waals surface area (Å²) >= 11 is 0. The zero-order valence-electron chi connectivity index (χ0n) is 10.7. The topological polar surface area (TPSA) is 84.3 Å². The van der Waals surface area contributed by atoms with Gasteiger partial charge in [0, 0.05) is 46.3 Å². The molecule has 0 aromatic heterocycles. The molecule has 18 heavy (non-hydrogen) atoms. The number of piperazine rings is 1. The lowest BCUT2D eigenvalue weighted by molar-refractivity contribution is -0.152. The fourth-order valence-corrected chi connectivity index (χ4v) is 1.87. The lowest BCUT2D eigenvalue weighted by Crippen LogP contribution is -2.53. The number of aliphatic hydroxyl groups excluding tert-OH is 2. The summed E-state index contributed by atoms with van der Waals surface area (Å²) in [5, 5.41) is 17.5. The minimum atomic E-state index is -0.584. The standard InChI is InChI=1S/C11H21N3O4/c1-12(6-8-15)10(17)11(18)14-4-2-13(3-5-14)7-9-16/h15-16H,2-9H2,1H3. The monoisotopic (exact) mass is 259 g/mol. The highest BCUT2D eigenvalue weighted by atomic mass is 16.3. The minimum Gasteiger partial charge on any atom is -0.395 e. The number of aliphatic hydroxyl groups is 2. The molecule has 1 aliphatic rings. The van der Waals surface area contributed by atoms with E-state index in [1.165, 1.54) is 16.8 Å². The van der Waals surface area contributed by atoms with Crippen molar-refractivity contribution < 1.29 is 19.8 Å². The number of likely N-dealkylation sites (N-methyl/N-ethyl adjacent to an activating group) is 1. The van der Waals surface area contributed by atoms with E-state index in [0.29, 0.717) is 32.7 Å². The summed E-state index contributed by atoms with van der Waals surface area (Å²) in [4.78, 5) is 28.4. The van der Waals surface area contributed by atoms with Gasteiger partial charge in [0.1, 0.15) is 0 Å². The summed E-state index contributed by atoms with van der Waals surface area (Å²) < 4.78 is 0. The van der Waals surface area contributed by atoms with Crippen LogP contribution in [0.15, 0.2) is 0 Å². The predicted molar refractivity (Wildman–Crippen MR) is 64.8 cm³/mol. The second-order valence-corrected chi connectivity index (χ2v) is 4.31. The zero-order chi connectivity index (χ0) is 13.5. The van der Waals surface area contributed by atoms with Crippen molar-refractivity contribution in [3.05, 3.63) is 0 Å². The van der Waals surface area contributed by atoms with Crippen molar-refractivity contribution in [1.29, 1.82) is 0 Å². The normalized spacial score (nSPS) is 16.7. The molecule has 1 saturated heterocycles. The quantitative estimate of drug-likeness (QED) is 0.549. The van der Waals surface area contributed by atoms with E-state index in [1.54, 1.807) is 0 Å². The molecule has 7 heteroatoms. The summed E-state index contributed by atoms with van der Waals surface area (Å²) in [5.74, 6) is -1.10. The molecule has 0 aromatic carbocycles. The molecule has 1 rings (SSSR count). The summed E-state index contributed by atoms with van der Waals surface area (Å²) in [6.45, 7) is 3.04. The van der Waals surface area contributed by atoms with E-state index in [9.17, 15) is 9.59 Å². The number of rotatable bonds is 4. The first-order valence-electron chi connectivity index (χ1n) is 6.08. The van der Waals surface area contributed by atoms with Gasteiger partial charge in [-0.05, 0) is 0 Å². The van der Waals surface area contributed by atoms with Crippen molar-refractivity contribution in [3.8, 4) is 0 Å². The Hall–Kier alpha value is -1.18. The van der Waals surface area contributed by atoms with Gasteiger partial charge in [-0.2, -0.15) is 0 Å². The zero-order valence-corrected chi connectivity index (χ0v) is 10.7. The Bertz CT molecular complexity index is 290. The lowest BCUT2D eigenvalue weighted by Gasteiger charge is -2.34. The average molecular weight is 259 g/mol. The van der Waals surface area contributed by atoms with Crippen LogP contribution in [0.3, 0.4) is 0 Å². The van der Waals surface area contributed by atoms with Gasteiger partial charge in [0.05, 0.1) is 13.2 Å². The highest BCUT2D eigenvalue weighted by Crippen LogP contribution is 2.03. The number of nitrogens with zero attached hydrogens (tertiary/aromatic N) is 3. The molecule has 1 heterocycles. The van der Waals surface area contributed by atoms with E-state index in [4.69, 9.17) is 10.2 Å². The van der Waals surface area contributed by atoms with E-state index >= 15 is 0 Å². The summed E-state index contributed by atoms with van der Waals surface area (Å²) in [5.41, 5.74) is 0. The first kappa shape index (κ1) is 14.9. The molecular weight excluding hydrogens is 238 g/mol. The molecule has 0 radical (unpaired) electrons. The fraction of sp³-hybridized carbons (Fsp3) is 0.818. The first-order chi connectivity index (χ1) is 8.60. The highest BCUT2D eigenvalue weighted by Gasteiger charge is 2.27.